The van der Waals surface area contributed by atoms with E-state index < -0.39 is 6.36 Å². The number of hydrogen-bond acceptors (Lipinski definition) is 2. The van der Waals surface area contributed by atoms with Gasteiger partial charge in [0.1, 0.15) is 13.2 Å². The minimum Gasteiger partial charge on any atom is -0.404 e. The lowest BCUT2D eigenvalue weighted by atomic mass is 10.5. The second-order valence-corrected chi connectivity index (χ2v) is 5.30. The van der Waals surface area contributed by atoms with Crippen molar-refractivity contribution in [1.29, 1.82) is 0 Å². The Morgan fingerprint density at radius 3 is 2.29 bits per heavy atom. The third kappa shape index (κ3) is 3.83. The first-order valence-electron chi connectivity index (χ1n) is 3.07. The minimum absolute atomic E-state index is 0.207. The molecule has 0 atom stereocenters. The summed E-state index contributed by atoms with van der Waals surface area (Å²) in [5.74, 6) is -0.207. The Balaban J connectivity index is 3.09. The number of pyridine rings is 1. The maximum atomic E-state index is 11.9. The normalized spacial score (nSPS) is 11.6. The van der Waals surface area contributed by atoms with Gasteiger partial charge in [-0.15, -0.1) is 13.2 Å². The molecule has 0 aliphatic carbocycles. The highest BCUT2D eigenvalue weighted by Gasteiger charge is 2.32. The molecule has 0 aliphatic rings. The molecule has 2 nitrogen and oxygen atoms in total. The Bertz CT molecular complexity index is 355. The van der Waals surface area contributed by atoms with Crippen molar-refractivity contribution in [3.8, 4) is 5.75 Å². The third-order valence-electron chi connectivity index (χ3n) is 1.08. The van der Waals surface area contributed by atoms with Gasteiger partial charge in [0.25, 0.3) is 0 Å². The van der Waals surface area contributed by atoms with Crippen LogP contribution in [0.4, 0.5) is 13.2 Å². The maximum Gasteiger partial charge on any atom is 0.573 e. The van der Waals surface area contributed by atoms with Crippen molar-refractivity contribution >= 4 is 67.8 Å². The van der Waals surface area contributed by atoms with Gasteiger partial charge in [0.15, 0.2) is 0 Å². The number of rotatable bonds is 1. The standard InChI is InChI=1S/C6HF3I3NO/c7-6(8,9)14-2-1-3(10)13-5(12)4(2)11/h1H. The van der Waals surface area contributed by atoms with Crippen molar-refractivity contribution in [1.82, 2.24) is 4.98 Å². The van der Waals surface area contributed by atoms with Gasteiger partial charge in [-0.1, -0.05) is 0 Å². The summed E-state index contributed by atoms with van der Waals surface area (Å²) in [6.07, 6.45) is -4.66. The Hall–Kier alpha value is 0.930. The second kappa shape index (κ2) is 4.84. The molecule has 0 aromatic carbocycles. The molecule has 14 heavy (non-hydrogen) atoms. The highest BCUT2D eigenvalue weighted by molar-refractivity contribution is 14.1. The van der Waals surface area contributed by atoms with Crippen molar-refractivity contribution < 1.29 is 17.9 Å². The zero-order chi connectivity index (χ0) is 10.9. The van der Waals surface area contributed by atoms with Crippen molar-refractivity contribution in [2.24, 2.45) is 0 Å². The van der Waals surface area contributed by atoms with Crippen LogP contribution >= 0.6 is 67.8 Å². The second-order valence-electron chi connectivity index (χ2n) is 2.10. The van der Waals surface area contributed by atoms with Gasteiger partial charge >= 0.3 is 6.36 Å². The lowest BCUT2D eigenvalue weighted by Gasteiger charge is -2.11. The number of ether oxygens (including phenoxy) is 1. The summed E-state index contributed by atoms with van der Waals surface area (Å²) < 4.78 is 41.0. The van der Waals surface area contributed by atoms with Crippen LogP contribution < -0.4 is 4.74 Å². The molecule has 1 aromatic heterocycles. The molecule has 0 saturated carbocycles. The predicted octanol–water partition coefficient (Wildman–Crippen LogP) is 3.79. The van der Waals surface area contributed by atoms with Gasteiger partial charge in [-0.2, -0.15) is 0 Å². The van der Waals surface area contributed by atoms with Gasteiger partial charge in [-0.05, 0) is 67.8 Å². The van der Waals surface area contributed by atoms with Gasteiger partial charge in [-0.3, -0.25) is 0 Å². The molecule has 0 amide bonds. The van der Waals surface area contributed by atoms with Crippen LogP contribution in [0, 0.1) is 11.0 Å². The lowest BCUT2D eigenvalue weighted by Crippen LogP contribution is -2.18. The Morgan fingerprint density at radius 1 is 1.21 bits per heavy atom. The molecule has 1 rings (SSSR count). The van der Waals surface area contributed by atoms with Crippen LogP contribution in [0.25, 0.3) is 0 Å². The van der Waals surface area contributed by atoms with Crippen LogP contribution in [-0.4, -0.2) is 11.3 Å². The van der Waals surface area contributed by atoms with Crippen LogP contribution in [0.2, 0.25) is 0 Å². The highest BCUT2D eigenvalue weighted by Crippen LogP contribution is 2.30. The van der Waals surface area contributed by atoms with Crippen LogP contribution in [0.3, 0.4) is 0 Å². The van der Waals surface area contributed by atoms with Gasteiger partial charge in [0.2, 0.25) is 0 Å². The first kappa shape index (κ1) is 13.0. The average molecular weight is 541 g/mol. The SMILES string of the molecule is FC(F)(F)Oc1cc(I)nc(I)c1I. The fraction of sp³-hybridized carbons (Fsp3) is 0.167. The van der Waals surface area contributed by atoms with Gasteiger partial charge in [0.05, 0.1) is 3.57 Å². The highest BCUT2D eigenvalue weighted by atomic mass is 127. The van der Waals surface area contributed by atoms with E-state index in [9.17, 15) is 13.2 Å². The molecule has 0 bridgehead atoms. The number of halogens is 6. The van der Waals surface area contributed by atoms with E-state index in [4.69, 9.17) is 0 Å². The summed E-state index contributed by atoms with van der Waals surface area (Å²) in [6.45, 7) is 0. The minimum atomic E-state index is -4.66. The number of nitrogens with zero attached hydrogens (tertiary/aromatic N) is 1. The molecule has 1 heterocycles. The van der Waals surface area contributed by atoms with E-state index in [1.54, 1.807) is 22.6 Å². The molecule has 0 aliphatic heterocycles. The molecule has 0 fully saturated rings. The zero-order valence-corrected chi connectivity index (χ0v) is 12.7. The molecule has 0 spiro atoms. The molecule has 0 radical (unpaired) electrons. The van der Waals surface area contributed by atoms with Gasteiger partial charge in [-0.25, -0.2) is 4.98 Å². The molecule has 0 unspecified atom stereocenters. The fourth-order valence-corrected chi connectivity index (χ4v) is 2.54. The number of hydrogen-bond donors (Lipinski definition) is 0. The topological polar surface area (TPSA) is 22.1 Å². The Morgan fingerprint density at radius 2 is 1.79 bits per heavy atom. The first-order chi connectivity index (χ1) is 6.29. The van der Waals surface area contributed by atoms with E-state index in [1.165, 1.54) is 6.07 Å². The van der Waals surface area contributed by atoms with Crippen LogP contribution in [-0.2, 0) is 0 Å². The number of aromatic nitrogens is 1. The number of alkyl halides is 3. The Labute approximate surface area is 118 Å². The summed E-state index contributed by atoms with van der Waals surface area (Å²) in [5.41, 5.74) is 0. The van der Waals surface area contributed by atoms with Crippen molar-refractivity contribution in [3.63, 3.8) is 0 Å². The van der Waals surface area contributed by atoms with Gasteiger partial charge < -0.3 is 4.74 Å². The molecule has 1 aromatic rings. The largest absolute Gasteiger partial charge is 0.573 e. The first-order valence-corrected chi connectivity index (χ1v) is 6.30. The summed E-state index contributed by atoms with van der Waals surface area (Å²) in [7, 11) is 0. The molecule has 8 heteroatoms. The smallest absolute Gasteiger partial charge is 0.404 e. The van der Waals surface area contributed by atoms with Crippen LogP contribution in [0.5, 0.6) is 5.75 Å². The summed E-state index contributed by atoms with van der Waals surface area (Å²) >= 11 is 5.45. The zero-order valence-electron chi connectivity index (χ0n) is 6.20. The molecular weight excluding hydrogens is 540 g/mol. The van der Waals surface area contributed by atoms with Gasteiger partial charge in [0, 0.05) is 6.07 Å². The predicted molar refractivity (Wildman–Crippen MR) is 69.1 cm³/mol. The molecule has 0 N–H and O–H groups in total. The average Bonchev–Trinajstić information content (AvgIpc) is 1.96. The molecule has 0 saturated heterocycles. The van der Waals surface area contributed by atoms with Crippen molar-refractivity contribution in [3.05, 3.63) is 17.0 Å². The van der Waals surface area contributed by atoms with E-state index in [1.807, 2.05) is 45.2 Å². The van der Waals surface area contributed by atoms with E-state index >= 15 is 0 Å². The van der Waals surface area contributed by atoms with Crippen molar-refractivity contribution in [2.75, 3.05) is 0 Å². The molecule has 78 valence electrons. The van der Waals surface area contributed by atoms with Crippen LogP contribution in [0.1, 0.15) is 0 Å². The lowest BCUT2D eigenvalue weighted by molar-refractivity contribution is -0.275. The van der Waals surface area contributed by atoms with Crippen molar-refractivity contribution in [2.45, 2.75) is 6.36 Å². The Kier molecular flexibility index (Phi) is 4.50. The van der Waals surface area contributed by atoms with E-state index in [2.05, 4.69) is 9.72 Å². The summed E-state index contributed by atoms with van der Waals surface area (Å²) in [5, 5.41) is 0. The van der Waals surface area contributed by atoms with E-state index in [-0.39, 0.29) is 5.75 Å². The third-order valence-corrected chi connectivity index (χ3v) is 4.49. The fourth-order valence-electron chi connectivity index (χ4n) is 0.647. The molecular formula is C6HF3I3NO. The summed E-state index contributed by atoms with van der Waals surface area (Å²) in [4.78, 5) is 3.98. The van der Waals surface area contributed by atoms with E-state index in [0.717, 1.165) is 0 Å². The van der Waals surface area contributed by atoms with Crippen LogP contribution in [0.15, 0.2) is 6.07 Å². The summed E-state index contributed by atoms with van der Waals surface area (Å²) in [6, 6.07) is 1.25. The van der Waals surface area contributed by atoms with E-state index in [0.29, 0.717) is 11.0 Å². The monoisotopic (exact) mass is 541 g/mol. The maximum absolute atomic E-state index is 11.9. The quantitative estimate of drug-likeness (QED) is 0.400.